The first kappa shape index (κ1) is 15.8. The normalized spacial score (nSPS) is 28.3. The largest absolute Gasteiger partial charge is 0.342 e. The zero-order chi connectivity index (χ0) is 12.3. The second-order valence-corrected chi connectivity index (χ2v) is 6.11. The fourth-order valence-electron chi connectivity index (χ4n) is 3.21. The monoisotopic (exact) mass is 274 g/mol. The first-order valence-electron chi connectivity index (χ1n) is 7.16. The maximum Gasteiger partial charge on any atom is 0.226 e. The van der Waals surface area contributed by atoms with Crippen LogP contribution in [0.4, 0.5) is 0 Å². The van der Waals surface area contributed by atoms with Crippen molar-refractivity contribution in [2.75, 3.05) is 26.2 Å². The van der Waals surface area contributed by atoms with Crippen molar-refractivity contribution in [3.05, 3.63) is 0 Å². The Labute approximate surface area is 117 Å². The molecule has 0 aromatic carbocycles. The summed E-state index contributed by atoms with van der Waals surface area (Å²) in [5.41, 5.74) is 0. The first-order chi connectivity index (χ1) is 8.16. The molecule has 0 spiro atoms. The molecule has 0 aliphatic carbocycles. The molecule has 1 N–H and O–H groups in total. The second kappa shape index (κ2) is 7.34. The molecular formula is C14H27ClN2O. The number of hydrogen-bond acceptors (Lipinski definition) is 2. The van der Waals surface area contributed by atoms with Crippen molar-refractivity contribution in [2.45, 2.75) is 39.5 Å². The zero-order valence-corrected chi connectivity index (χ0v) is 12.5. The van der Waals surface area contributed by atoms with Crippen molar-refractivity contribution in [1.82, 2.24) is 10.2 Å². The van der Waals surface area contributed by atoms with Crippen molar-refractivity contribution in [3.8, 4) is 0 Å². The van der Waals surface area contributed by atoms with Gasteiger partial charge in [0.05, 0.1) is 5.92 Å². The molecule has 4 heteroatoms. The van der Waals surface area contributed by atoms with Crippen molar-refractivity contribution in [3.63, 3.8) is 0 Å². The molecule has 2 saturated heterocycles. The predicted molar refractivity (Wildman–Crippen MR) is 77.0 cm³/mol. The third kappa shape index (κ3) is 4.13. The SMILES string of the molecule is CC(C)CC1CCN(C(=O)C2CCCNC2)C1.Cl. The summed E-state index contributed by atoms with van der Waals surface area (Å²) in [7, 11) is 0. The Kier molecular flexibility index (Phi) is 6.44. The third-order valence-electron chi connectivity index (χ3n) is 4.05. The Morgan fingerprint density at radius 2 is 2.17 bits per heavy atom. The predicted octanol–water partition coefficient (Wildman–Crippen LogP) is 2.30. The standard InChI is InChI=1S/C14H26N2O.ClH/c1-11(2)8-12-5-7-16(10-12)14(17)13-4-3-6-15-9-13;/h11-13,15H,3-10H2,1-2H3;1H. The Bertz CT molecular complexity index is 265. The van der Waals surface area contributed by atoms with Gasteiger partial charge in [0.1, 0.15) is 0 Å². The van der Waals surface area contributed by atoms with Crippen LogP contribution in [-0.2, 0) is 4.79 Å². The number of likely N-dealkylation sites (tertiary alicyclic amines) is 1. The summed E-state index contributed by atoms with van der Waals surface area (Å²) in [5.74, 6) is 2.16. The number of nitrogens with zero attached hydrogens (tertiary/aromatic N) is 1. The number of nitrogens with one attached hydrogen (secondary N) is 1. The van der Waals surface area contributed by atoms with E-state index in [4.69, 9.17) is 0 Å². The van der Waals surface area contributed by atoms with Crippen molar-refractivity contribution in [2.24, 2.45) is 17.8 Å². The van der Waals surface area contributed by atoms with Gasteiger partial charge in [-0.05, 0) is 44.1 Å². The number of amides is 1. The number of rotatable bonds is 3. The molecule has 2 aliphatic rings. The molecule has 0 saturated carbocycles. The number of piperidine rings is 1. The van der Waals surface area contributed by atoms with E-state index in [0.717, 1.165) is 50.9 Å². The van der Waals surface area contributed by atoms with Crippen molar-refractivity contribution in [1.29, 1.82) is 0 Å². The summed E-state index contributed by atoms with van der Waals surface area (Å²) in [5, 5.41) is 3.34. The van der Waals surface area contributed by atoms with E-state index < -0.39 is 0 Å². The molecule has 2 unspecified atom stereocenters. The molecule has 0 bridgehead atoms. The molecule has 1 amide bonds. The molecular weight excluding hydrogens is 248 g/mol. The Balaban J connectivity index is 0.00000162. The van der Waals surface area contributed by atoms with Gasteiger partial charge < -0.3 is 10.2 Å². The summed E-state index contributed by atoms with van der Waals surface area (Å²) >= 11 is 0. The zero-order valence-electron chi connectivity index (χ0n) is 11.7. The van der Waals surface area contributed by atoms with E-state index in [2.05, 4.69) is 24.1 Å². The van der Waals surface area contributed by atoms with Gasteiger partial charge in [0.25, 0.3) is 0 Å². The highest BCUT2D eigenvalue weighted by Gasteiger charge is 2.31. The summed E-state index contributed by atoms with van der Waals surface area (Å²) in [6.45, 7) is 8.52. The highest BCUT2D eigenvalue weighted by atomic mass is 35.5. The number of hydrogen-bond donors (Lipinski definition) is 1. The topological polar surface area (TPSA) is 32.3 Å². The van der Waals surface area contributed by atoms with Crippen LogP contribution >= 0.6 is 12.4 Å². The molecule has 0 aromatic heterocycles. The maximum atomic E-state index is 12.3. The van der Waals surface area contributed by atoms with E-state index in [0.29, 0.717) is 5.91 Å². The van der Waals surface area contributed by atoms with Crippen molar-refractivity contribution < 1.29 is 4.79 Å². The Hall–Kier alpha value is -0.280. The van der Waals surface area contributed by atoms with Gasteiger partial charge >= 0.3 is 0 Å². The Morgan fingerprint density at radius 1 is 1.39 bits per heavy atom. The Morgan fingerprint density at radius 3 is 2.78 bits per heavy atom. The van der Waals surface area contributed by atoms with E-state index in [1.807, 2.05) is 0 Å². The number of carbonyl (C=O) groups is 1. The lowest BCUT2D eigenvalue weighted by atomic mass is 9.96. The molecule has 3 nitrogen and oxygen atoms in total. The van der Waals surface area contributed by atoms with E-state index in [-0.39, 0.29) is 18.3 Å². The van der Waals surface area contributed by atoms with Crippen LogP contribution in [0.2, 0.25) is 0 Å². The fourth-order valence-corrected chi connectivity index (χ4v) is 3.21. The molecule has 0 radical (unpaired) electrons. The number of halogens is 1. The van der Waals surface area contributed by atoms with Gasteiger partial charge in [-0.3, -0.25) is 4.79 Å². The van der Waals surface area contributed by atoms with E-state index in [1.54, 1.807) is 0 Å². The molecule has 2 aliphatic heterocycles. The lowest BCUT2D eigenvalue weighted by Crippen LogP contribution is -2.42. The summed E-state index contributed by atoms with van der Waals surface area (Å²) in [6, 6.07) is 0. The first-order valence-corrected chi connectivity index (χ1v) is 7.16. The molecule has 2 atom stereocenters. The van der Waals surface area contributed by atoms with Crippen molar-refractivity contribution >= 4 is 18.3 Å². The van der Waals surface area contributed by atoms with Crippen LogP contribution in [0.1, 0.15) is 39.5 Å². The lowest BCUT2D eigenvalue weighted by molar-refractivity contribution is -0.135. The van der Waals surface area contributed by atoms with Gasteiger partial charge in [0.2, 0.25) is 5.91 Å². The maximum absolute atomic E-state index is 12.3. The highest BCUT2D eigenvalue weighted by Crippen LogP contribution is 2.25. The average Bonchev–Trinajstić information content (AvgIpc) is 2.77. The van der Waals surface area contributed by atoms with E-state index in [9.17, 15) is 4.79 Å². The van der Waals surface area contributed by atoms with Crippen LogP contribution in [0.25, 0.3) is 0 Å². The smallest absolute Gasteiger partial charge is 0.226 e. The van der Waals surface area contributed by atoms with Gasteiger partial charge in [-0.1, -0.05) is 13.8 Å². The fraction of sp³-hybridized carbons (Fsp3) is 0.929. The molecule has 0 aromatic rings. The van der Waals surface area contributed by atoms with Crippen LogP contribution in [-0.4, -0.2) is 37.0 Å². The summed E-state index contributed by atoms with van der Waals surface area (Å²) in [4.78, 5) is 14.4. The summed E-state index contributed by atoms with van der Waals surface area (Å²) in [6.07, 6.45) is 4.72. The van der Waals surface area contributed by atoms with Crippen LogP contribution < -0.4 is 5.32 Å². The minimum atomic E-state index is 0. The van der Waals surface area contributed by atoms with Crippen LogP contribution in [0.15, 0.2) is 0 Å². The average molecular weight is 275 g/mol. The molecule has 2 rings (SSSR count). The van der Waals surface area contributed by atoms with Crippen LogP contribution in [0, 0.1) is 17.8 Å². The van der Waals surface area contributed by atoms with Gasteiger partial charge in [-0.15, -0.1) is 12.4 Å². The van der Waals surface area contributed by atoms with Crippen LogP contribution in [0.5, 0.6) is 0 Å². The van der Waals surface area contributed by atoms with Crippen LogP contribution in [0.3, 0.4) is 0 Å². The molecule has 106 valence electrons. The molecule has 2 heterocycles. The highest BCUT2D eigenvalue weighted by molar-refractivity contribution is 5.85. The van der Waals surface area contributed by atoms with E-state index in [1.165, 1.54) is 12.8 Å². The molecule has 2 fully saturated rings. The lowest BCUT2D eigenvalue weighted by Gasteiger charge is -2.27. The minimum absolute atomic E-state index is 0. The minimum Gasteiger partial charge on any atom is -0.342 e. The quantitative estimate of drug-likeness (QED) is 0.857. The summed E-state index contributed by atoms with van der Waals surface area (Å²) < 4.78 is 0. The third-order valence-corrected chi connectivity index (χ3v) is 4.05. The second-order valence-electron chi connectivity index (χ2n) is 6.11. The van der Waals surface area contributed by atoms with E-state index >= 15 is 0 Å². The van der Waals surface area contributed by atoms with Gasteiger partial charge in [-0.2, -0.15) is 0 Å². The van der Waals surface area contributed by atoms with Gasteiger partial charge in [0, 0.05) is 19.6 Å². The number of carbonyl (C=O) groups excluding carboxylic acids is 1. The van der Waals surface area contributed by atoms with Gasteiger partial charge in [0.15, 0.2) is 0 Å². The molecule has 18 heavy (non-hydrogen) atoms. The van der Waals surface area contributed by atoms with Gasteiger partial charge in [-0.25, -0.2) is 0 Å².